The number of aromatic nitrogens is 2. The summed E-state index contributed by atoms with van der Waals surface area (Å²) >= 11 is 0. The maximum absolute atomic E-state index is 5.89. The summed E-state index contributed by atoms with van der Waals surface area (Å²) in [5.41, 5.74) is 11.8. The lowest BCUT2D eigenvalue weighted by atomic mass is 10.1. The van der Waals surface area contributed by atoms with Crippen LogP contribution < -0.4 is 5.73 Å². The smallest absolute Gasteiger partial charge is 0.0649 e. The van der Waals surface area contributed by atoms with E-state index in [4.69, 9.17) is 5.73 Å². The molecule has 1 aromatic heterocycles. The minimum absolute atomic E-state index is 0.165. The lowest BCUT2D eigenvalue weighted by molar-refractivity contribution is 0.730. The van der Waals surface area contributed by atoms with Gasteiger partial charge in [0, 0.05) is 11.7 Å². The molecule has 2 N–H and O–H groups in total. The van der Waals surface area contributed by atoms with Crippen LogP contribution in [-0.4, -0.2) is 15.8 Å². The fourth-order valence-electron chi connectivity index (χ4n) is 2.23. The molecule has 0 saturated heterocycles. The summed E-state index contributed by atoms with van der Waals surface area (Å²) in [4.78, 5) is 0. The van der Waals surface area contributed by atoms with Gasteiger partial charge < -0.3 is 5.73 Å². The van der Waals surface area contributed by atoms with Crippen LogP contribution in [-0.2, 0) is 6.42 Å². The van der Waals surface area contributed by atoms with E-state index in [1.807, 2.05) is 11.6 Å². The van der Waals surface area contributed by atoms with E-state index >= 15 is 0 Å². The molecule has 0 aliphatic rings. The molecule has 3 nitrogen and oxygen atoms in total. The Bertz CT molecular complexity index is 536. The molecule has 0 saturated carbocycles. The maximum atomic E-state index is 5.89. The molecule has 1 aromatic carbocycles. The minimum Gasteiger partial charge on any atom is -0.328 e. The Kier molecular flexibility index (Phi) is 3.53. The van der Waals surface area contributed by atoms with Gasteiger partial charge in [0.2, 0.25) is 0 Å². The van der Waals surface area contributed by atoms with Gasteiger partial charge in [0.1, 0.15) is 0 Å². The Morgan fingerprint density at radius 1 is 1.17 bits per heavy atom. The Morgan fingerprint density at radius 2 is 1.78 bits per heavy atom. The predicted molar refractivity (Wildman–Crippen MR) is 75.1 cm³/mol. The zero-order valence-electron chi connectivity index (χ0n) is 11.6. The summed E-state index contributed by atoms with van der Waals surface area (Å²) < 4.78 is 2.01. The van der Waals surface area contributed by atoms with E-state index in [0.29, 0.717) is 0 Å². The first-order valence-electron chi connectivity index (χ1n) is 6.36. The highest BCUT2D eigenvalue weighted by Crippen LogP contribution is 2.19. The van der Waals surface area contributed by atoms with E-state index in [0.717, 1.165) is 17.8 Å². The van der Waals surface area contributed by atoms with Gasteiger partial charge in [-0.1, -0.05) is 17.7 Å². The number of benzene rings is 1. The number of hydrogen-bond acceptors (Lipinski definition) is 2. The molecule has 0 aliphatic heterocycles. The summed E-state index contributed by atoms with van der Waals surface area (Å²) in [6.07, 6.45) is 0.879. The number of rotatable bonds is 3. The summed E-state index contributed by atoms with van der Waals surface area (Å²) in [5.74, 6) is 0. The molecule has 0 amide bonds. The molecule has 0 fully saturated rings. The van der Waals surface area contributed by atoms with Crippen LogP contribution in [0.3, 0.4) is 0 Å². The Labute approximate surface area is 109 Å². The van der Waals surface area contributed by atoms with Gasteiger partial charge in [-0.3, -0.25) is 0 Å². The Morgan fingerprint density at radius 3 is 2.33 bits per heavy atom. The van der Waals surface area contributed by atoms with E-state index < -0.39 is 0 Å². The average molecular weight is 243 g/mol. The van der Waals surface area contributed by atoms with Crippen molar-refractivity contribution in [3.8, 4) is 5.69 Å². The van der Waals surface area contributed by atoms with Gasteiger partial charge in [-0.05, 0) is 51.8 Å². The monoisotopic (exact) mass is 243 g/mol. The third-order valence-corrected chi connectivity index (χ3v) is 3.25. The van der Waals surface area contributed by atoms with Gasteiger partial charge in [-0.25, -0.2) is 4.68 Å². The lowest BCUT2D eigenvalue weighted by Gasteiger charge is -2.07. The van der Waals surface area contributed by atoms with Gasteiger partial charge in [0.15, 0.2) is 0 Å². The van der Waals surface area contributed by atoms with E-state index in [2.05, 4.69) is 50.1 Å². The highest BCUT2D eigenvalue weighted by atomic mass is 15.3. The molecular formula is C15H21N3. The molecule has 0 bridgehead atoms. The van der Waals surface area contributed by atoms with Crippen LogP contribution in [0.2, 0.25) is 0 Å². The molecule has 3 heteroatoms. The number of hydrogen-bond donors (Lipinski definition) is 1. The molecule has 1 heterocycles. The SMILES string of the molecule is Cc1ccc(-n2nc(C)c(CC(C)N)c2C)cc1. The molecule has 0 radical (unpaired) electrons. The van der Waals surface area contributed by atoms with E-state index in [9.17, 15) is 0 Å². The largest absolute Gasteiger partial charge is 0.328 e. The molecule has 18 heavy (non-hydrogen) atoms. The summed E-state index contributed by atoms with van der Waals surface area (Å²) in [7, 11) is 0. The van der Waals surface area contributed by atoms with Crippen molar-refractivity contribution in [1.29, 1.82) is 0 Å². The second-order valence-electron chi connectivity index (χ2n) is 5.08. The molecule has 96 valence electrons. The molecule has 0 aliphatic carbocycles. The molecule has 2 aromatic rings. The van der Waals surface area contributed by atoms with Crippen molar-refractivity contribution in [2.75, 3.05) is 0 Å². The fourth-order valence-corrected chi connectivity index (χ4v) is 2.23. The van der Waals surface area contributed by atoms with Crippen LogP contribution in [0.4, 0.5) is 0 Å². The zero-order chi connectivity index (χ0) is 13.3. The van der Waals surface area contributed by atoms with Gasteiger partial charge >= 0.3 is 0 Å². The number of nitrogens with two attached hydrogens (primary N) is 1. The van der Waals surface area contributed by atoms with E-state index in [1.165, 1.54) is 16.8 Å². The van der Waals surface area contributed by atoms with Crippen LogP contribution in [0.5, 0.6) is 0 Å². The number of aryl methyl sites for hydroxylation is 2. The van der Waals surface area contributed by atoms with Crippen molar-refractivity contribution in [2.45, 2.75) is 40.2 Å². The van der Waals surface area contributed by atoms with Crippen molar-refractivity contribution in [1.82, 2.24) is 9.78 Å². The second kappa shape index (κ2) is 4.94. The van der Waals surface area contributed by atoms with Gasteiger partial charge in [0.05, 0.1) is 11.4 Å². The third-order valence-electron chi connectivity index (χ3n) is 3.25. The third kappa shape index (κ3) is 2.46. The van der Waals surface area contributed by atoms with Crippen LogP contribution in [0.1, 0.15) is 29.4 Å². The zero-order valence-corrected chi connectivity index (χ0v) is 11.6. The minimum atomic E-state index is 0.165. The Balaban J connectivity index is 2.43. The van der Waals surface area contributed by atoms with E-state index in [1.54, 1.807) is 0 Å². The van der Waals surface area contributed by atoms with Crippen molar-refractivity contribution < 1.29 is 0 Å². The maximum Gasteiger partial charge on any atom is 0.0649 e. The summed E-state index contributed by atoms with van der Waals surface area (Å²) in [5, 5.41) is 4.62. The molecule has 1 atom stereocenters. The Hall–Kier alpha value is -1.61. The van der Waals surface area contributed by atoms with Gasteiger partial charge in [-0.15, -0.1) is 0 Å². The first-order chi connectivity index (χ1) is 8.49. The molecule has 2 rings (SSSR count). The van der Waals surface area contributed by atoms with Crippen molar-refractivity contribution in [2.24, 2.45) is 5.73 Å². The van der Waals surface area contributed by atoms with Crippen molar-refractivity contribution in [3.63, 3.8) is 0 Å². The van der Waals surface area contributed by atoms with Crippen molar-refractivity contribution >= 4 is 0 Å². The van der Waals surface area contributed by atoms with Crippen molar-refractivity contribution in [3.05, 3.63) is 46.8 Å². The topological polar surface area (TPSA) is 43.8 Å². The lowest BCUT2D eigenvalue weighted by Crippen LogP contribution is -2.18. The standard InChI is InChI=1S/C15H21N3/c1-10-5-7-14(8-6-10)18-13(4)15(9-11(2)16)12(3)17-18/h5-8,11H,9,16H2,1-4H3. The van der Waals surface area contributed by atoms with Crippen LogP contribution in [0.15, 0.2) is 24.3 Å². The second-order valence-corrected chi connectivity index (χ2v) is 5.08. The highest BCUT2D eigenvalue weighted by molar-refractivity contribution is 5.38. The average Bonchev–Trinajstić information content (AvgIpc) is 2.58. The molecule has 0 spiro atoms. The normalized spacial score (nSPS) is 12.7. The van der Waals surface area contributed by atoms with Gasteiger partial charge in [-0.2, -0.15) is 5.10 Å². The fraction of sp³-hybridized carbons (Fsp3) is 0.400. The molecular weight excluding hydrogens is 222 g/mol. The highest BCUT2D eigenvalue weighted by Gasteiger charge is 2.13. The molecule has 1 unspecified atom stereocenters. The summed E-state index contributed by atoms with van der Waals surface area (Å²) in [6, 6.07) is 8.58. The quantitative estimate of drug-likeness (QED) is 0.900. The first kappa shape index (κ1) is 12.8. The predicted octanol–water partition coefficient (Wildman–Crippen LogP) is 2.69. The van der Waals surface area contributed by atoms with Crippen LogP contribution in [0, 0.1) is 20.8 Å². The van der Waals surface area contributed by atoms with Crippen LogP contribution in [0.25, 0.3) is 5.69 Å². The van der Waals surface area contributed by atoms with Crippen LogP contribution >= 0.6 is 0 Å². The first-order valence-corrected chi connectivity index (χ1v) is 6.36. The van der Waals surface area contributed by atoms with Gasteiger partial charge in [0.25, 0.3) is 0 Å². The summed E-state index contributed by atoms with van der Waals surface area (Å²) in [6.45, 7) is 8.28. The number of nitrogens with zero attached hydrogens (tertiary/aromatic N) is 2. The van der Waals surface area contributed by atoms with E-state index in [-0.39, 0.29) is 6.04 Å².